The summed E-state index contributed by atoms with van der Waals surface area (Å²) in [4.78, 5) is 10.5. The maximum atomic E-state index is 12.0. The van der Waals surface area contributed by atoms with E-state index >= 15 is 0 Å². The number of ether oxygens (including phenoxy) is 2. The topological polar surface area (TPSA) is 55.8 Å². The summed E-state index contributed by atoms with van der Waals surface area (Å²) in [6.07, 6.45) is 0. The Morgan fingerprint density at radius 2 is 1.52 bits per heavy atom. The van der Waals surface area contributed by atoms with Gasteiger partial charge in [0.1, 0.15) is 11.5 Å². The summed E-state index contributed by atoms with van der Waals surface area (Å²) in [5.74, 6) is -3.15. The Balaban J connectivity index is 2.07. The van der Waals surface area contributed by atoms with Crippen molar-refractivity contribution in [3.8, 4) is 11.5 Å². The molecule has 1 atom stereocenters. The third kappa shape index (κ3) is 3.50. The molecule has 0 fully saturated rings. The van der Waals surface area contributed by atoms with Crippen molar-refractivity contribution in [1.29, 1.82) is 0 Å². The highest BCUT2D eigenvalue weighted by Gasteiger charge is 2.51. The lowest BCUT2D eigenvalue weighted by Crippen LogP contribution is -2.55. The SMILES string of the molecule is O=C(O)C(Oc1ccccc1)(Oc1cccc2ccccc12)C(Cl)Cl. The number of rotatable bonds is 6. The first-order chi connectivity index (χ1) is 12.0. The first-order valence-electron chi connectivity index (χ1n) is 7.45. The van der Waals surface area contributed by atoms with Crippen LogP contribution in [0.4, 0.5) is 0 Å². The summed E-state index contributed by atoms with van der Waals surface area (Å²) in [6.45, 7) is 0. The van der Waals surface area contributed by atoms with E-state index in [4.69, 9.17) is 32.7 Å². The molecule has 6 heteroatoms. The molecule has 1 unspecified atom stereocenters. The van der Waals surface area contributed by atoms with Crippen LogP contribution in [0.5, 0.6) is 11.5 Å². The van der Waals surface area contributed by atoms with Crippen molar-refractivity contribution in [2.24, 2.45) is 0 Å². The van der Waals surface area contributed by atoms with E-state index in [2.05, 4.69) is 0 Å². The van der Waals surface area contributed by atoms with E-state index in [1.807, 2.05) is 30.3 Å². The minimum Gasteiger partial charge on any atom is -0.475 e. The summed E-state index contributed by atoms with van der Waals surface area (Å²) in [6, 6.07) is 21.1. The molecular weight excluding hydrogens is 363 g/mol. The number of para-hydroxylation sites is 1. The number of alkyl halides is 2. The van der Waals surface area contributed by atoms with Gasteiger partial charge in [0.15, 0.2) is 4.84 Å². The van der Waals surface area contributed by atoms with E-state index < -0.39 is 16.6 Å². The number of halogens is 2. The molecule has 0 aliphatic rings. The number of aliphatic carboxylic acids is 1. The zero-order valence-electron chi connectivity index (χ0n) is 12.9. The molecule has 0 bridgehead atoms. The molecule has 0 amide bonds. The average molecular weight is 377 g/mol. The third-order valence-electron chi connectivity index (χ3n) is 3.61. The maximum absolute atomic E-state index is 12.0. The van der Waals surface area contributed by atoms with Crippen molar-refractivity contribution in [3.05, 3.63) is 72.8 Å². The number of carbonyl (C=O) groups is 1. The molecule has 0 heterocycles. The second kappa shape index (κ2) is 7.21. The van der Waals surface area contributed by atoms with Gasteiger partial charge in [-0.15, -0.1) is 0 Å². The van der Waals surface area contributed by atoms with E-state index in [9.17, 15) is 9.90 Å². The Labute approximate surface area is 154 Å². The molecule has 0 spiro atoms. The smallest absolute Gasteiger partial charge is 0.393 e. The summed E-state index contributed by atoms with van der Waals surface area (Å²) < 4.78 is 11.3. The van der Waals surface area contributed by atoms with Gasteiger partial charge in [-0.3, -0.25) is 0 Å². The van der Waals surface area contributed by atoms with Crippen LogP contribution in [0.3, 0.4) is 0 Å². The van der Waals surface area contributed by atoms with E-state index in [0.29, 0.717) is 5.75 Å². The van der Waals surface area contributed by atoms with Crippen LogP contribution in [-0.2, 0) is 4.79 Å². The normalized spacial score (nSPS) is 13.4. The molecule has 4 nitrogen and oxygen atoms in total. The number of benzene rings is 3. The quantitative estimate of drug-likeness (QED) is 0.491. The van der Waals surface area contributed by atoms with Gasteiger partial charge in [0.2, 0.25) is 0 Å². The van der Waals surface area contributed by atoms with Gasteiger partial charge in [0.25, 0.3) is 0 Å². The number of hydrogen-bond acceptors (Lipinski definition) is 3. The van der Waals surface area contributed by atoms with Crippen LogP contribution in [0.1, 0.15) is 0 Å². The summed E-state index contributed by atoms with van der Waals surface area (Å²) in [7, 11) is 0. The zero-order chi connectivity index (χ0) is 17.9. The number of fused-ring (bicyclic) bond motifs is 1. The van der Waals surface area contributed by atoms with Gasteiger partial charge >= 0.3 is 11.8 Å². The highest BCUT2D eigenvalue weighted by Crippen LogP contribution is 2.34. The maximum Gasteiger partial charge on any atom is 0.393 e. The number of hydrogen-bond donors (Lipinski definition) is 1. The fourth-order valence-corrected chi connectivity index (χ4v) is 2.77. The van der Waals surface area contributed by atoms with Gasteiger partial charge in [-0.05, 0) is 23.6 Å². The van der Waals surface area contributed by atoms with Gasteiger partial charge in [-0.1, -0.05) is 77.8 Å². The second-order valence-electron chi connectivity index (χ2n) is 5.27. The summed E-state index contributed by atoms with van der Waals surface area (Å²) in [5.41, 5.74) is 0. The Hall–Kier alpha value is -2.43. The number of carboxylic acids is 1. The fourth-order valence-electron chi connectivity index (χ4n) is 2.40. The van der Waals surface area contributed by atoms with Crippen molar-refractivity contribution in [2.75, 3.05) is 0 Å². The molecule has 3 aromatic rings. The van der Waals surface area contributed by atoms with Crippen LogP contribution < -0.4 is 9.47 Å². The van der Waals surface area contributed by atoms with Crippen molar-refractivity contribution in [3.63, 3.8) is 0 Å². The molecule has 128 valence electrons. The minimum absolute atomic E-state index is 0.274. The lowest BCUT2D eigenvalue weighted by molar-refractivity contribution is -0.182. The molecule has 3 aromatic carbocycles. The molecule has 0 radical (unpaired) electrons. The minimum atomic E-state index is -2.30. The first kappa shape index (κ1) is 17.4. The van der Waals surface area contributed by atoms with Crippen LogP contribution in [-0.4, -0.2) is 21.7 Å². The van der Waals surface area contributed by atoms with Gasteiger partial charge in [0, 0.05) is 5.39 Å². The van der Waals surface area contributed by atoms with Gasteiger partial charge in [-0.25, -0.2) is 4.79 Å². The van der Waals surface area contributed by atoms with E-state index in [1.54, 1.807) is 42.5 Å². The largest absolute Gasteiger partial charge is 0.475 e. The van der Waals surface area contributed by atoms with Gasteiger partial charge in [-0.2, -0.15) is 0 Å². The first-order valence-corrected chi connectivity index (χ1v) is 8.32. The van der Waals surface area contributed by atoms with Crippen molar-refractivity contribution in [1.82, 2.24) is 0 Å². The van der Waals surface area contributed by atoms with E-state index in [0.717, 1.165) is 10.8 Å². The molecule has 0 aliphatic carbocycles. The van der Waals surface area contributed by atoms with Crippen molar-refractivity contribution < 1.29 is 19.4 Å². The summed E-state index contributed by atoms with van der Waals surface area (Å²) >= 11 is 12.0. The Morgan fingerprint density at radius 1 is 0.880 bits per heavy atom. The zero-order valence-corrected chi connectivity index (χ0v) is 14.4. The Bertz CT molecular complexity index is 877. The van der Waals surface area contributed by atoms with Gasteiger partial charge in [0.05, 0.1) is 0 Å². The van der Waals surface area contributed by atoms with E-state index in [-0.39, 0.29) is 5.75 Å². The van der Waals surface area contributed by atoms with Crippen LogP contribution in [0.15, 0.2) is 72.8 Å². The molecule has 0 saturated heterocycles. The monoisotopic (exact) mass is 376 g/mol. The third-order valence-corrected chi connectivity index (χ3v) is 4.18. The fraction of sp³-hybridized carbons (Fsp3) is 0.105. The Morgan fingerprint density at radius 3 is 2.20 bits per heavy atom. The lowest BCUT2D eigenvalue weighted by Gasteiger charge is -2.31. The van der Waals surface area contributed by atoms with Crippen LogP contribution in [0, 0.1) is 0 Å². The molecule has 1 N–H and O–H groups in total. The predicted octanol–water partition coefficient (Wildman–Crippen LogP) is 4.88. The molecule has 0 aromatic heterocycles. The molecule has 3 rings (SSSR count). The van der Waals surface area contributed by atoms with Gasteiger partial charge < -0.3 is 14.6 Å². The average Bonchev–Trinajstić information content (AvgIpc) is 2.62. The van der Waals surface area contributed by atoms with Crippen molar-refractivity contribution >= 4 is 39.9 Å². The standard InChI is InChI=1S/C19H14Cl2O4/c20-17(21)19(18(22)23,24-14-9-2-1-3-10-14)25-16-12-6-8-13-7-4-5-11-15(13)16/h1-12,17H,(H,22,23). The summed E-state index contributed by atoms with van der Waals surface area (Å²) in [5, 5.41) is 11.4. The number of carboxylic acid groups (broad SMARTS) is 1. The predicted molar refractivity (Wildman–Crippen MR) is 97.5 cm³/mol. The highest BCUT2D eigenvalue weighted by atomic mass is 35.5. The Kier molecular flexibility index (Phi) is 5.02. The highest BCUT2D eigenvalue weighted by molar-refractivity contribution is 6.46. The molecule has 0 saturated carbocycles. The molecule has 25 heavy (non-hydrogen) atoms. The van der Waals surface area contributed by atoms with Crippen LogP contribution >= 0.6 is 23.2 Å². The van der Waals surface area contributed by atoms with Crippen LogP contribution in [0.25, 0.3) is 10.8 Å². The van der Waals surface area contributed by atoms with Crippen molar-refractivity contribution in [2.45, 2.75) is 10.6 Å². The lowest BCUT2D eigenvalue weighted by atomic mass is 10.1. The second-order valence-corrected chi connectivity index (χ2v) is 6.36. The molecule has 0 aliphatic heterocycles. The van der Waals surface area contributed by atoms with Crippen LogP contribution in [0.2, 0.25) is 0 Å². The molecular formula is C19H14Cl2O4. The van der Waals surface area contributed by atoms with E-state index in [1.165, 1.54) is 0 Å².